The van der Waals surface area contributed by atoms with Crippen LogP contribution in [0.2, 0.25) is 0 Å². The molecule has 2 rings (SSSR count). The van der Waals surface area contributed by atoms with Crippen molar-refractivity contribution in [3.05, 3.63) is 23.8 Å². The molecule has 0 unspecified atom stereocenters. The molecule has 1 aliphatic rings. The first kappa shape index (κ1) is 12.7. The Labute approximate surface area is 107 Å². The maximum absolute atomic E-state index is 11.5. The summed E-state index contributed by atoms with van der Waals surface area (Å²) in [5.74, 6) is 1.87. The fraction of sp³-hybridized carbons (Fsp3) is 0.500. The van der Waals surface area contributed by atoms with Gasteiger partial charge in [-0.2, -0.15) is 0 Å². The number of hydrogen-bond donors (Lipinski definition) is 0. The van der Waals surface area contributed by atoms with E-state index in [0.29, 0.717) is 6.42 Å². The number of rotatable bonds is 5. The van der Waals surface area contributed by atoms with Gasteiger partial charge in [0.15, 0.2) is 0 Å². The topological polar surface area (TPSA) is 38.8 Å². The van der Waals surface area contributed by atoms with Gasteiger partial charge in [-0.25, -0.2) is 0 Å². The number of benzene rings is 1. The zero-order chi connectivity index (χ0) is 13.0. The summed E-state index contributed by atoms with van der Waals surface area (Å²) in [5.41, 5.74) is 1.11. The summed E-state index contributed by atoms with van der Waals surface area (Å²) in [6.07, 6.45) is 2.50. The minimum Gasteiger partial charge on any atom is -0.497 e. The van der Waals surface area contributed by atoms with Crippen molar-refractivity contribution in [3.63, 3.8) is 0 Å². The molecule has 0 bridgehead atoms. The van der Waals surface area contributed by atoms with E-state index in [1.807, 2.05) is 23.1 Å². The zero-order valence-corrected chi connectivity index (χ0v) is 10.9. The minimum atomic E-state index is 0.266. The molecule has 4 nitrogen and oxygen atoms in total. The molecule has 1 amide bonds. The van der Waals surface area contributed by atoms with Crippen LogP contribution >= 0.6 is 0 Å². The standard InChI is InChI=1S/C14H19NO3/c1-17-12-6-5-11(13(10-12)18-2)7-9-15-8-3-4-14(15)16/h5-6,10H,3-4,7-9H2,1-2H3. The van der Waals surface area contributed by atoms with Gasteiger partial charge in [0.05, 0.1) is 14.2 Å². The molecular weight excluding hydrogens is 230 g/mol. The molecule has 1 saturated heterocycles. The molecule has 1 fully saturated rings. The van der Waals surface area contributed by atoms with Crippen molar-refractivity contribution in [2.24, 2.45) is 0 Å². The lowest BCUT2D eigenvalue weighted by Crippen LogP contribution is -2.26. The highest BCUT2D eigenvalue weighted by molar-refractivity contribution is 5.78. The first-order valence-electron chi connectivity index (χ1n) is 6.23. The van der Waals surface area contributed by atoms with Crippen molar-refractivity contribution < 1.29 is 14.3 Å². The van der Waals surface area contributed by atoms with Gasteiger partial charge < -0.3 is 14.4 Å². The summed E-state index contributed by atoms with van der Waals surface area (Å²) in [4.78, 5) is 13.4. The van der Waals surface area contributed by atoms with Crippen molar-refractivity contribution in [2.45, 2.75) is 19.3 Å². The molecule has 0 aliphatic carbocycles. The first-order valence-corrected chi connectivity index (χ1v) is 6.23. The average Bonchev–Trinajstić information content (AvgIpc) is 2.81. The lowest BCUT2D eigenvalue weighted by atomic mass is 10.1. The predicted octanol–water partition coefficient (Wildman–Crippen LogP) is 1.87. The number of nitrogens with zero attached hydrogens (tertiary/aromatic N) is 1. The highest BCUT2D eigenvalue weighted by atomic mass is 16.5. The molecule has 0 saturated carbocycles. The van der Waals surface area contributed by atoms with Crippen LogP contribution in [0.1, 0.15) is 18.4 Å². The maximum atomic E-state index is 11.5. The number of likely N-dealkylation sites (tertiary alicyclic amines) is 1. The number of carbonyl (C=O) groups is 1. The Kier molecular flexibility index (Phi) is 4.07. The molecule has 18 heavy (non-hydrogen) atoms. The Morgan fingerprint density at radius 3 is 2.72 bits per heavy atom. The van der Waals surface area contributed by atoms with Crippen molar-refractivity contribution >= 4 is 5.91 Å². The predicted molar refractivity (Wildman–Crippen MR) is 69.1 cm³/mol. The van der Waals surface area contributed by atoms with E-state index in [-0.39, 0.29) is 5.91 Å². The summed E-state index contributed by atoms with van der Waals surface area (Å²) in [6.45, 7) is 1.65. The average molecular weight is 249 g/mol. The normalized spacial score (nSPS) is 15.0. The molecule has 0 aromatic heterocycles. The Morgan fingerprint density at radius 1 is 1.28 bits per heavy atom. The molecule has 1 aliphatic heterocycles. The number of hydrogen-bond acceptors (Lipinski definition) is 3. The first-order chi connectivity index (χ1) is 8.74. The summed E-state index contributed by atoms with van der Waals surface area (Å²) >= 11 is 0. The van der Waals surface area contributed by atoms with Crippen LogP contribution < -0.4 is 9.47 Å². The quantitative estimate of drug-likeness (QED) is 0.799. The van der Waals surface area contributed by atoms with Gasteiger partial charge in [-0.1, -0.05) is 6.07 Å². The SMILES string of the molecule is COc1ccc(CCN2CCCC2=O)c(OC)c1. The minimum absolute atomic E-state index is 0.266. The molecule has 1 aromatic rings. The molecule has 4 heteroatoms. The summed E-state index contributed by atoms with van der Waals surface area (Å²) in [6, 6.07) is 5.79. The molecule has 0 spiro atoms. The monoisotopic (exact) mass is 249 g/mol. The Morgan fingerprint density at radius 2 is 2.11 bits per heavy atom. The van der Waals surface area contributed by atoms with E-state index in [0.717, 1.165) is 43.0 Å². The van der Waals surface area contributed by atoms with Gasteiger partial charge in [0.1, 0.15) is 11.5 Å². The molecule has 0 radical (unpaired) electrons. The number of ether oxygens (including phenoxy) is 2. The van der Waals surface area contributed by atoms with Crippen LogP contribution in [0.25, 0.3) is 0 Å². The van der Waals surface area contributed by atoms with Crippen molar-refractivity contribution in [1.29, 1.82) is 0 Å². The summed E-state index contributed by atoms with van der Waals surface area (Å²) in [5, 5.41) is 0. The third kappa shape index (κ3) is 2.75. The Bertz CT molecular complexity index is 431. The van der Waals surface area contributed by atoms with Gasteiger partial charge in [-0.3, -0.25) is 4.79 Å². The highest BCUT2D eigenvalue weighted by Gasteiger charge is 2.19. The van der Waals surface area contributed by atoms with Gasteiger partial charge in [-0.15, -0.1) is 0 Å². The van der Waals surface area contributed by atoms with Gasteiger partial charge >= 0.3 is 0 Å². The summed E-state index contributed by atoms with van der Waals surface area (Å²) < 4.78 is 10.5. The van der Waals surface area contributed by atoms with E-state index in [1.165, 1.54) is 0 Å². The van der Waals surface area contributed by atoms with Gasteiger partial charge in [0.2, 0.25) is 5.91 Å². The van der Waals surface area contributed by atoms with Crippen LogP contribution in [-0.4, -0.2) is 38.1 Å². The van der Waals surface area contributed by atoms with Crippen LogP contribution in [0.3, 0.4) is 0 Å². The van der Waals surface area contributed by atoms with E-state index in [2.05, 4.69) is 0 Å². The van der Waals surface area contributed by atoms with Crippen molar-refractivity contribution in [1.82, 2.24) is 4.90 Å². The van der Waals surface area contributed by atoms with E-state index in [1.54, 1.807) is 14.2 Å². The van der Waals surface area contributed by atoms with E-state index in [9.17, 15) is 4.79 Å². The van der Waals surface area contributed by atoms with Gasteiger partial charge in [0.25, 0.3) is 0 Å². The highest BCUT2D eigenvalue weighted by Crippen LogP contribution is 2.25. The van der Waals surface area contributed by atoms with Crippen LogP contribution in [0.5, 0.6) is 11.5 Å². The van der Waals surface area contributed by atoms with E-state index < -0.39 is 0 Å². The lowest BCUT2D eigenvalue weighted by Gasteiger charge is -2.16. The van der Waals surface area contributed by atoms with Crippen LogP contribution in [0, 0.1) is 0 Å². The smallest absolute Gasteiger partial charge is 0.222 e. The number of carbonyl (C=O) groups excluding carboxylic acids is 1. The molecule has 0 N–H and O–H groups in total. The second kappa shape index (κ2) is 5.76. The second-order valence-corrected chi connectivity index (χ2v) is 4.41. The van der Waals surface area contributed by atoms with Crippen LogP contribution in [0.4, 0.5) is 0 Å². The Hall–Kier alpha value is -1.71. The molecular formula is C14H19NO3. The molecule has 1 heterocycles. The third-order valence-corrected chi connectivity index (χ3v) is 3.32. The molecule has 98 valence electrons. The van der Waals surface area contributed by atoms with E-state index >= 15 is 0 Å². The van der Waals surface area contributed by atoms with Crippen molar-refractivity contribution in [3.8, 4) is 11.5 Å². The molecule has 1 aromatic carbocycles. The van der Waals surface area contributed by atoms with Crippen LogP contribution in [-0.2, 0) is 11.2 Å². The van der Waals surface area contributed by atoms with E-state index in [4.69, 9.17) is 9.47 Å². The summed E-state index contributed by atoms with van der Waals surface area (Å²) in [7, 11) is 3.29. The maximum Gasteiger partial charge on any atom is 0.222 e. The van der Waals surface area contributed by atoms with Crippen LogP contribution in [0.15, 0.2) is 18.2 Å². The second-order valence-electron chi connectivity index (χ2n) is 4.41. The van der Waals surface area contributed by atoms with Crippen molar-refractivity contribution in [2.75, 3.05) is 27.3 Å². The third-order valence-electron chi connectivity index (χ3n) is 3.32. The fourth-order valence-corrected chi connectivity index (χ4v) is 2.25. The Balaban J connectivity index is 2.02. The van der Waals surface area contributed by atoms with Gasteiger partial charge in [0, 0.05) is 25.6 Å². The number of methoxy groups -OCH3 is 2. The number of amides is 1. The zero-order valence-electron chi connectivity index (χ0n) is 10.9. The van der Waals surface area contributed by atoms with Gasteiger partial charge in [-0.05, 0) is 24.5 Å². The lowest BCUT2D eigenvalue weighted by molar-refractivity contribution is -0.127. The fourth-order valence-electron chi connectivity index (χ4n) is 2.25. The largest absolute Gasteiger partial charge is 0.497 e. The molecule has 0 atom stereocenters.